The maximum absolute atomic E-state index is 12.0. The van der Waals surface area contributed by atoms with Gasteiger partial charge >= 0.3 is 5.69 Å². The van der Waals surface area contributed by atoms with Crippen molar-refractivity contribution in [3.05, 3.63) is 27.4 Å². The van der Waals surface area contributed by atoms with Gasteiger partial charge in [0.05, 0.1) is 5.69 Å². The van der Waals surface area contributed by atoms with E-state index in [1.165, 1.54) is 16.2 Å². The number of hydrogen-bond acceptors (Lipinski definition) is 5. The van der Waals surface area contributed by atoms with Crippen LogP contribution in [-0.4, -0.2) is 33.1 Å². The number of aromatic nitrogens is 4. The molecule has 2 rings (SSSR count). The Labute approximate surface area is 113 Å². The lowest BCUT2D eigenvalue weighted by molar-refractivity contribution is 0.0983. The van der Waals surface area contributed by atoms with E-state index in [1.807, 2.05) is 5.38 Å². The maximum Gasteiger partial charge on any atom is 0.341 e. The molecule has 0 bridgehead atoms. The van der Waals surface area contributed by atoms with Crippen molar-refractivity contribution < 1.29 is 4.79 Å². The van der Waals surface area contributed by atoms with Gasteiger partial charge in [-0.1, -0.05) is 13.8 Å². The molecule has 102 valence electrons. The van der Waals surface area contributed by atoms with Crippen molar-refractivity contribution in [2.24, 2.45) is 0 Å². The molecule has 0 aliphatic carbocycles. The van der Waals surface area contributed by atoms with Crippen LogP contribution in [-0.2, 0) is 0 Å². The van der Waals surface area contributed by atoms with Crippen LogP contribution in [0.1, 0.15) is 42.5 Å². The summed E-state index contributed by atoms with van der Waals surface area (Å²) in [5.41, 5.74) is 0.467. The summed E-state index contributed by atoms with van der Waals surface area (Å²) >= 11 is 1.40. The number of nitrogens with zero attached hydrogens (tertiary/aromatic N) is 3. The third-order valence-corrected chi connectivity index (χ3v) is 3.86. The van der Waals surface area contributed by atoms with Gasteiger partial charge in [0.2, 0.25) is 5.82 Å². The van der Waals surface area contributed by atoms with Gasteiger partial charge in [0.1, 0.15) is 0 Å². The summed E-state index contributed by atoms with van der Waals surface area (Å²) in [6.45, 7) is 4.18. The number of anilines is 1. The van der Waals surface area contributed by atoms with Crippen molar-refractivity contribution in [2.45, 2.75) is 26.2 Å². The lowest BCUT2D eigenvalue weighted by atomic mass is 10.1. The number of H-pyrrole nitrogens is 2. The van der Waals surface area contributed by atoms with Crippen LogP contribution >= 0.6 is 11.3 Å². The highest BCUT2D eigenvalue weighted by Crippen LogP contribution is 2.26. The molecule has 7 nitrogen and oxygen atoms in total. The summed E-state index contributed by atoms with van der Waals surface area (Å²) < 4.78 is 0. The number of carbonyl (C=O) groups excluding carboxylic acids is 1. The molecule has 0 spiro atoms. The van der Waals surface area contributed by atoms with Gasteiger partial charge in [-0.2, -0.15) is 0 Å². The standard InChI is InChI=1S/C11H15N5O2S/c1-4-6(2)7-5-19-11(12-7)16(3)9(17)8-13-10(18)15-14-8/h5-6H,4H2,1-3H3,(H2,13,14,15,18). The monoisotopic (exact) mass is 281 g/mol. The van der Waals surface area contributed by atoms with E-state index in [-0.39, 0.29) is 5.82 Å². The molecule has 2 aromatic heterocycles. The summed E-state index contributed by atoms with van der Waals surface area (Å²) in [4.78, 5) is 31.1. The van der Waals surface area contributed by atoms with Crippen LogP contribution in [0.15, 0.2) is 10.2 Å². The van der Waals surface area contributed by atoms with Crippen LogP contribution in [0.3, 0.4) is 0 Å². The summed E-state index contributed by atoms with van der Waals surface area (Å²) in [5, 5.41) is 8.31. The van der Waals surface area contributed by atoms with Crippen molar-refractivity contribution in [3.63, 3.8) is 0 Å². The van der Waals surface area contributed by atoms with E-state index in [2.05, 4.69) is 34.0 Å². The SMILES string of the molecule is CCC(C)c1csc(N(C)C(=O)c2n[nH]c(=O)[nH]2)n1. The Morgan fingerprint density at radius 3 is 2.89 bits per heavy atom. The Bertz CT molecular complexity index is 629. The minimum atomic E-state index is -0.504. The minimum absolute atomic E-state index is 0.0206. The van der Waals surface area contributed by atoms with E-state index in [0.717, 1.165) is 12.1 Å². The van der Waals surface area contributed by atoms with Gasteiger partial charge in [-0.3, -0.25) is 14.7 Å². The lowest BCUT2D eigenvalue weighted by Gasteiger charge is -2.11. The largest absolute Gasteiger partial charge is 0.341 e. The normalized spacial score (nSPS) is 12.4. The molecule has 0 aliphatic rings. The van der Waals surface area contributed by atoms with Crippen LogP contribution in [0, 0.1) is 0 Å². The van der Waals surface area contributed by atoms with E-state index in [4.69, 9.17) is 0 Å². The highest BCUT2D eigenvalue weighted by atomic mass is 32.1. The predicted molar refractivity (Wildman–Crippen MR) is 72.8 cm³/mol. The maximum atomic E-state index is 12.0. The zero-order chi connectivity index (χ0) is 14.0. The molecule has 2 N–H and O–H groups in total. The highest BCUT2D eigenvalue weighted by molar-refractivity contribution is 7.14. The first-order valence-corrected chi connectivity index (χ1v) is 6.79. The second-order valence-corrected chi connectivity index (χ2v) is 5.09. The van der Waals surface area contributed by atoms with Crippen molar-refractivity contribution in [2.75, 3.05) is 11.9 Å². The topological polar surface area (TPSA) is 94.7 Å². The Kier molecular flexibility index (Phi) is 3.79. The summed E-state index contributed by atoms with van der Waals surface area (Å²) in [7, 11) is 1.61. The van der Waals surface area contributed by atoms with Crippen molar-refractivity contribution >= 4 is 22.4 Å². The van der Waals surface area contributed by atoms with E-state index in [9.17, 15) is 9.59 Å². The van der Waals surface area contributed by atoms with Crippen molar-refractivity contribution in [1.82, 2.24) is 20.2 Å². The first-order chi connectivity index (χ1) is 9.02. The fourth-order valence-corrected chi connectivity index (χ4v) is 2.39. The van der Waals surface area contributed by atoms with Crippen LogP contribution in [0.25, 0.3) is 0 Å². The van der Waals surface area contributed by atoms with Crippen molar-refractivity contribution in [1.29, 1.82) is 0 Å². The molecule has 0 fully saturated rings. The average Bonchev–Trinajstić information content (AvgIpc) is 3.04. The fraction of sp³-hybridized carbons (Fsp3) is 0.455. The van der Waals surface area contributed by atoms with Gasteiger partial charge in [0.25, 0.3) is 5.91 Å². The molecule has 1 amide bonds. The molecule has 0 aliphatic heterocycles. The molecule has 2 aromatic rings. The van der Waals surface area contributed by atoms with Crippen LogP contribution in [0.2, 0.25) is 0 Å². The van der Waals surface area contributed by atoms with Crippen LogP contribution in [0.4, 0.5) is 5.13 Å². The summed E-state index contributed by atoms with van der Waals surface area (Å²) in [5.74, 6) is -0.0603. The molecular formula is C11H15N5O2S. The molecular weight excluding hydrogens is 266 g/mol. The van der Waals surface area contributed by atoms with E-state index >= 15 is 0 Å². The van der Waals surface area contributed by atoms with Gasteiger partial charge in [-0.15, -0.1) is 16.4 Å². The van der Waals surface area contributed by atoms with Gasteiger partial charge in [-0.25, -0.2) is 14.9 Å². The van der Waals surface area contributed by atoms with Crippen molar-refractivity contribution in [3.8, 4) is 0 Å². The molecule has 0 aromatic carbocycles. The van der Waals surface area contributed by atoms with E-state index in [0.29, 0.717) is 11.0 Å². The minimum Gasteiger partial charge on any atom is -0.285 e. The number of rotatable bonds is 4. The smallest absolute Gasteiger partial charge is 0.285 e. The van der Waals surface area contributed by atoms with Gasteiger partial charge in [0.15, 0.2) is 5.13 Å². The molecule has 1 atom stereocenters. The quantitative estimate of drug-likeness (QED) is 0.884. The van der Waals surface area contributed by atoms with Gasteiger partial charge < -0.3 is 0 Å². The molecule has 19 heavy (non-hydrogen) atoms. The Hall–Kier alpha value is -1.96. The second-order valence-electron chi connectivity index (χ2n) is 4.25. The first kappa shape index (κ1) is 13.5. The molecule has 1 unspecified atom stereocenters. The lowest BCUT2D eigenvalue weighted by Crippen LogP contribution is -2.27. The average molecular weight is 281 g/mol. The number of amides is 1. The van der Waals surface area contributed by atoms with Crippen LogP contribution < -0.4 is 10.6 Å². The second kappa shape index (κ2) is 5.35. The fourth-order valence-electron chi connectivity index (χ4n) is 1.48. The number of carbonyl (C=O) groups is 1. The molecule has 0 saturated heterocycles. The highest BCUT2D eigenvalue weighted by Gasteiger charge is 2.20. The Morgan fingerprint density at radius 1 is 1.58 bits per heavy atom. The Balaban J connectivity index is 2.19. The van der Waals surface area contributed by atoms with Crippen LogP contribution in [0.5, 0.6) is 0 Å². The first-order valence-electron chi connectivity index (χ1n) is 5.91. The molecule has 0 radical (unpaired) electrons. The number of thiazole rings is 1. The third-order valence-electron chi connectivity index (χ3n) is 2.92. The number of aromatic amines is 2. The Morgan fingerprint density at radius 2 is 2.32 bits per heavy atom. The number of hydrogen-bond donors (Lipinski definition) is 2. The molecule has 0 saturated carbocycles. The summed E-state index contributed by atoms with van der Waals surface area (Å²) in [6, 6.07) is 0. The predicted octanol–water partition coefficient (Wildman–Crippen LogP) is 1.34. The zero-order valence-electron chi connectivity index (χ0n) is 10.9. The third kappa shape index (κ3) is 2.73. The number of nitrogens with one attached hydrogen (secondary N) is 2. The van der Waals surface area contributed by atoms with Gasteiger partial charge in [-0.05, 0) is 12.3 Å². The molecule has 8 heteroatoms. The molecule has 2 heterocycles. The van der Waals surface area contributed by atoms with Gasteiger partial charge in [0, 0.05) is 12.4 Å². The van der Waals surface area contributed by atoms with E-state index < -0.39 is 11.6 Å². The summed E-state index contributed by atoms with van der Waals surface area (Å²) in [6.07, 6.45) is 0.994. The van der Waals surface area contributed by atoms with E-state index in [1.54, 1.807) is 7.05 Å². The zero-order valence-corrected chi connectivity index (χ0v) is 11.7.